The number of nitrogens with zero attached hydrogens (tertiary/aromatic N) is 2. The molecule has 7 heteroatoms. The lowest BCUT2D eigenvalue weighted by molar-refractivity contribution is 0.0727. The molecule has 5 rings (SSSR count). The Morgan fingerprint density at radius 3 is 2.73 bits per heavy atom. The lowest BCUT2D eigenvalue weighted by atomic mass is 10.1. The monoisotopic (exact) mass is 401 g/mol. The van der Waals surface area contributed by atoms with Crippen molar-refractivity contribution in [1.29, 1.82) is 0 Å². The van der Waals surface area contributed by atoms with E-state index >= 15 is 0 Å². The van der Waals surface area contributed by atoms with Crippen molar-refractivity contribution in [3.63, 3.8) is 0 Å². The number of nitrogens with one attached hydrogen (secondary N) is 1. The number of benzene rings is 2. The first kappa shape index (κ1) is 18.1. The molecule has 7 nitrogen and oxygen atoms in total. The topological polar surface area (TPSA) is 80.6 Å². The van der Waals surface area contributed by atoms with Gasteiger partial charge in [-0.2, -0.15) is 0 Å². The van der Waals surface area contributed by atoms with E-state index in [2.05, 4.69) is 9.97 Å². The summed E-state index contributed by atoms with van der Waals surface area (Å²) in [5, 5.41) is 0. The summed E-state index contributed by atoms with van der Waals surface area (Å²) in [4.78, 5) is 22.6. The second kappa shape index (κ2) is 7.79. The minimum atomic E-state index is -0.128. The van der Waals surface area contributed by atoms with Crippen LogP contribution in [0.2, 0.25) is 0 Å². The largest absolute Gasteiger partial charge is 0.472 e. The average molecular weight is 401 g/mol. The van der Waals surface area contributed by atoms with Crippen LogP contribution in [-0.4, -0.2) is 27.6 Å². The lowest BCUT2D eigenvalue weighted by Crippen LogP contribution is -2.30. The molecule has 30 heavy (non-hydrogen) atoms. The smallest absolute Gasteiger partial charge is 0.257 e. The fourth-order valence-corrected chi connectivity index (χ4v) is 3.42. The number of H-pyrrole nitrogens is 1. The van der Waals surface area contributed by atoms with Crippen LogP contribution in [0.25, 0.3) is 11.4 Å². The molecule has 0 aliphatic carbocycles. The molecule has 3 heterocycles. The minimum absolute atomic E-state index is 0.128. The molecule has 4 aromatic rings. The number of hydrogen-bond donors (Lipinski definition) is 1. The summed E-state index contributed by atoms with van der Waals surface area (Å²) in [6.07, 6.45) is 4.71. The zero-order valence-electron chi connectivity index (χ0n) is 16.1. The summed E-state index contributed by atoms with van der Waals surface area (Å²) in [6.45, 7) is 0.992. The zero-order chi connectivity index (χ0) is 20.3. The van der Waals surface area contributed by atoms with Crippen molar-refractivity contribution in [3.05, 3.63) is 90.1 Å². The van der Waals surface area contributed by atoms with Gasteiger partial charge in [0, 0.05) is 12.1 Å². The molecule has 1 aliphatic heterocycles. The summed E-state index contributed by atoms with van der Waals surface area (Å²) in [7, 11) is 0. The predicted molar refractivity (Wildman–Crippen MR) is 109 cm³/mol. The van der Waals surface area contributed by atoms with Crippen molar-refractivity contribution in [1.82, 2.24) is 14.9 Å². The Kier molecular flexibility index (Phi) is 4.69. The number of aromatic amines is 1. The third-order valence-electron chi connectivity index (χ3n) is 4.90. The van der Waals surface area contributed by atoms with Gasteiger partial charge in [-0.05, 0) is 23.8 Å². The first-order valence-electron chi connectivity index (χ1n) is 9.55. The van der Waals surface area contributed by atoms with Crippen LogP contribution in [-0.2, 0) is 13.1 Å². The van der Waals surface area contributed by atoms with E-state index in [4.69, 9.17) is 13.9 Å². The van der Waals surface area contributed by atoms with Crippen molar-refractivity contribution in [2.75, 3.05) is 6.79 Å². The standard InChI is InChI=1S/C23H19N3O4/c27-23(18-8-9-28-14-18)26(12-16-6-7-20-21(10-16)30-15-29-20)13-19-11-24-22(25-19)17-4-2-1-3-5-17/h1-11,14H,12-13,15H2,(H,24,25). The van der Waals surface area contributed by atoms with Gasteiger partial charge in [0.1, 0.15) is 12.1 Å². The summed E-state index contributed by atoms with van der Waals surface area (Å²) in [5.74, 6) is 2.05. The van der Waals surface area contributed by atoms with Crippen LogP contribution in [0.4, 0.5) is 0 Å². The predicted octanol–water partition coefficient (Wildman–Crippen LogP) is 4.24. The first-order valence-corrected chi connectivity index (χ1v) is 9.55. The Balaban J connectivity index is 1.40. The summed E-state index contributed by atoms with van der Waals surface area (Å²) in [6, 6.07) is 17.2. The second-order valence-corrected chi connectivity index (χ2v) is 6.98. The minimum Gasteiger partial charge on any atom is -0.472 e. The molecule has 1 amide bonds. The van der Waals surface area contributed by atoms with E-state index in [0.29, 0.717) is 30.2 Å². The molecule has 2 aromatic heterocycles. The van der Waals surface area contributed by atoms with Crippen molar-refractivity contribution in [2.24, 2.45) is 0 Å². The van der Waals surface area contributed by atoms with Crippen LogP contribution in [0.5, 0.6) is 11.5 Å². The number of carbonyl (C=O) groups excluding carboxylic acids is 1. The van der Waals surface area contributed by atoms with Gasteiger partial charge in [-0.25, -0.2) is 4.98 Å². The molecule has 0 saturated heterocycles. The number of amides is 1. The maximum atomic E-state index is 13.1. The van der Waals surface area contributed by atoms with Crippen LogP contribution < -0.4 is 9.47 Å². The van der Waals surface area contributed by atoms with Crippen molar-refractivity contribution in [2.45, 2.75) is 13.1 Å². The van der Waals surface area contributed by atoms with E-state index in [-0.39, 0.29) is 12.7 Å². The highest BCUT2D eigenvalue weighted by Gasteiger charge is 2.21. The molecule has 0 unspecified atom stereocenters. The summed E-state index contributed by atoms with van der Waals surface area (Å²) < 4.78 is 15.9. The molecular weight excluding hydrogens is 382 g/mol. The quantitative estimate of drug-likeness (QED) is 0.523. The molecule has 0 fully saturated rings. The third kappa shape index (κ3) is 3.65. The van der Waals surface area contributed by atoms with E-state index in [0.717, 1.165) is 22.6 Å². The van der Waals surface area contributed by atoms with Crippen molar-refractivity contribution in [3.8, 4) is 22.9 Å². The average Bonchev–Trinajstić information content (AvgIpc) is 3.54. The number of rotatable bonds is 6. The van der Waals surface area contributed by atoms with Gasteiger partial charge >= 0.3 is 0 Å². The normalized spacial score (nSPS) is 12.1. The number of aromatic nitrogens is 2. The molecule has 0 radical (unpaired) electrons. The number of imidazole rings is 1. The zero-order valence-corrected chi connectivity index (χ0v) is 16.1. The second-order valence-electron chi connectivity index (χ2n) is 6.98. The SMILES string of the molecule is O=C(c1ccoc1)N(Cc1ccc2c(c1)OCO2)Cc1cnc(-c2ccccc2)[nH]1. The Labute approximate surface area is 172 Å². The van der Waals surface area contributed by atoms with Crippen LogP contribution >= 0.6 is 0 Å². The lowest BCUT2D eigenvalue weighted by Gasteiger charge is -2.22. The number of ether oxygens (including phenoxy) is 2. The fourth-order valence-electron chi connectivity index (χ4n) is 3.42. The van der Waals surface area contributed by atoms with Gasteiger partial charge in [0.15, 0.2) is 11.5 Å². The molecule has 0 spiro atoms. The highest BCUT2D eigenvalue weighted by atomic mass is 16.7. The van der Waals surface area contributed by atoms with Gasteiger partial charge < -0.3 is 23.8 Å². The highest BCUT2D eigenvalue weighted by Crippen LogP contribution is 2.33. The van der Waals surface area contributed by atoms with Crippen LogP contribution in [0.3, 0.4) is 0 Å². The Morgan fingerprint density at radius 1 is 1.03 bits per heavy atom. The van der Waals surface area contributed by atoms with Gasteiger partial charge in [-0.1, -0.05) is 36.4 Å². The summed E-state index contributed by atoms with van der Waals surface area (Å²) in [5.41, 5.74) is 3.27. The molecule has 150 valence electrons. The molecule has 0 bridgehead atoms. The number of carbonyl (C=O) groups is 1. The Hall–Kier alpha value is -4.00. The van der Waals surface area contributed by atoms with Crippen molar-refractivity contribution < 1.29 is 18.7 Å². The van der Waals surface area contributed by atoms with Gasteiger partial charge in [0.25, 0.3) is 5.91 Å². The van der Waals surface area contributed by atoms with Gasteiger partial charge in [-0.15, -0.1) is 0 Å². The molecule has 1 aliphatic rings. The third-order valence-corrected chi connectivity index (χ3v) is 4.90. The fraction of sp³-hybridized carbons (Fsp3) is 0.130. The molecule has 0 saturated carbocycles. The van der Waals surface area contributed by atoms with E-state index in [1.807, 2.05) is 48.5 Å². The van der Waals surface area contributed by atoms with Crippen LogP contribution in [0.15, 0.2) is 77.7 Å². The molecule has 1 N–H and O–H groups in total. The molecule has 0 atom stereocenters. The number of hydrogen-bond acceptors (Lipinski definition) is 5. The van der Waals surface area contributed by atoms with Crippen LogP contribution in [0, 0.1) is 0 Å². The number of furan rings is 1. The van der Waals surface area contributed by atoms with Crippen molar-refractivity contribution >= 4 is 5.91 Å². The highest BCUT2D eigenvalue weighted by molar-refractivity contribution is 5.93. The number of fused-ring (bicyclic) bond motifs is 1. The first-order chi connectivity index (χ1) is 14.8. The van der Waals surface area contributed by atoms with Crippen LogP contribution in [0.1, 0.15) is 21.6 Å². The molecular formula is C23H19N3O4. The van der Waals surface area contributed by atoms with Gasteiger partial charge in [0.05, 0.1) is 30.3 Å². The van der Waals surface area contributed by atoms with E-state index in [9.17, 15) is 4.79 Å². The Morgan fingerprint density at radius 2 is 1.90 bits per heavy atom. The van der Waals surface area contributed by atoms with E-state index in [1.165, 1.54) is 12.5 Å². The van der Waals surface area contributed by atoms with Gasteiger partial charge in [-0.3, -0.25) is 4.79 Å². The maximum Gasteiger partial charge on any atom is 0.257 e. The van der Waals surface area contributed by atoms with E-state index < -0.39 is 0 Å². The Bertz CT molecular complexity index is 1150. The summed E-state index contributed by atoms with van der Waals surface area (Å²) >= 11 is 0. The van der Waals surface area contributed by atoms with E-state index in [1.54, 1.807) is 17.2 Å². The maximum absolute atomic E-state index is 13.1. The van der Waals surface area contributed by atoms with Gasteiger partial charge in [0.2, 0.25) is 6.79 Å². The molecule has 2 aromatic carbocycles.